The molecule has 14 heavy (non-hydrogen) atoms. The van der Waals surface area contributed by atoms with Gasteiger partial charge < -0.3 is 10.2 Å². The highest BCUT2D eigenvalue weighted by atomic mass is 79.9. The van der Waals surface area contributed by atoms with Crippen molar-refractivity contribution >= 4 is 37.8 Å². The summed E-state index contributed by atoms with van der Waals surface area (Å²) in [4.78, 5) is 10.3. The van der Waals surface area contributed by atoms with Crippen LogP contribution in [0.15, 0.2) is 21.1 Å². The molecule has 0 fully saturated rings. The smallest absolute Gasteiger partial charge is 0.307 e. The average molecular weight is 323 g/mol. The van der Waals surface area contributed by atoms with Crippen molar-refractivity contribution in [1.82, 2.24) is 0 Å². The zero-order valence-electron chi connectivity index (χ0n) is 7.00. The Morgan fingerprint density at radius 2 is 1.86 bits per heavy atom. The highest BCUT2D eigenvalue weighted by Crippen LogP contribution is 2.33. The van der Waals surface area contributed by atoms with E-state index >= 15 is 0 Å². The number of hydrogen-bond acceptors (Lipinski definition) is 2. The zero-order valence-corrected chi connectivity index (χ0v) is 10.2. The maximum absolute atomic E-state index is 10.3. The molecule has 0 aliphatic rings. The lowest BCUT2D eigenvalue weighted by molar-refractivity contribution is -0.133. The van der Waals surface area contributed by atoms with Gasteiger partial charge in [0.1, 0.15) is 5.75 Å². The molecule has 0 spiro atoms. The molecule has 0 unspecified atom stereocenters. The largest absolute Gasteiger partial charge is 0.506 e. The molecule has 1 radical (unpaired) electrons. The summed E-state index contributed by atoms with van der Waals surface area (Å²) in [6, 6.07) is 3.36. The lowest BCUT2D eigenvalue weighted by Gasteiger charge is -2.04. The van der Waals surface area contributed by atoms with E-state index < -0.39 is 5.97 Å². The van der Waals surface area contributed by atoms with Crippen molar-refractivity contribution in [2.24, 2.45) is 0 Å². The Morgan fingerprint density at radius 1 is 1.36 bits per heavy atom. The number of carbonyl (C=O) groups is 1. The summed E-state index contributed by atoms with van der Waals surface area (Å²) in [5, 5.41) is 17.8. The predicted molar refractivity (Wildman–Crippen MR) is 59.1 cm³/mol. The number of aromatic hydroxyl groups is 1. The van der Waals surface area contributed by atoms with Gasteiger partial charge in [0.05, 0.1) is 15.4 Å². The molecule has 0 saturated heterocycles. The van der Waals surface area contributed by atoms with Gasteiger partial charge in [-0.2, -0.15) is 0 Å². The number of hydrogen-bond donors (Lipinski definition) is 2. The van der Waals surface area contributed by atoms with E-state index in [0.29, 0.717) is 15.4 Å². The molecule has 0 aromatic heterocycles. The van der Waals surface area contributed by atoms with E-state index in [1.165, 1.54) is 0 Å². The Morgan fingerprint density at radius 3 is 2.29 bits per heavy atom. The van der Waals surface area contributed by atoms with Crippen LogP contribution >= 0.6 is 31.9 Å². The van der Waals surface area contributed by atoms with Crippen LogP contribution in [0.3, 0.4) is 0 Å². The number of phenolic OH excluding ortho intramolecular Hbond substituents is 1. The molecule has 0 amide bonds. The molecular weight excluding hydrogens is 316 g/mol. The number of halogens is 2. The van der Waals surface area contributed by atoms with E-state index in [9.17, 15) is 9.90 Å². The summed E-state index contributed by atoms with van der Waals surface area (Å²) < 4.78 is 1.08. The first kappa shape index (κ1) is 11.5. The summed E-state index contributed by atoms with van der Waals surface area (Å²) in [5.74, 6) is -0.839. The number of carboxylic acid groups (broad SMARTS) is 1. The molecule has 1 aromatic rings. The standard InChI is InChI=1S/C9H7Br2O3/c10-6-3-5(1-2-8(12)13)4-7(11)9(6)14/h2-4,14H,1H2,(H,12,13). The molecule has 3 nitrogen and oxygen atoms in total. The van der Waals surface area contributed by atoms with Gasteiger partial charge in [-0.25, -0.2) is 0 Å². The van der Waals surface area contributed by atoms with Gasteiger partial charge in [-0.15, -0.1) is 0 Å². The average Bonchev–Trinajstić information content (AvgIpc) is 2.10. The monoisotopic (exact) mass is 321 g/mol. The number of rotatable bonds is 3. The topological polar surface area (TPSA) is 57.5 Å². The van der Waals surface area contributed by atoms with Crippen LogP contribution in [0.25, 0.3) is 0 Å². The molecule has 0 atom stereocenters. The van der Waals surface area contributed by atoms with Crippen molar-refractivity contribution in [3.8, 4) is 5.75 Å². The van der Waals surface area contributed by atoms with Crippen molar-refractivity contribution in [3.05, 3.63) is 33.1 Å². The van der Waals surface area contributed by atoms with Gasteiger partial charge in [0, 0.05) is 0 Å². The minimum atomic E-state index is -0.953. The molecule has 0 heterocycles. The lowest BCUT2D eigenvalue weighted by atomic mass is 10.1. The molecular formula is C9H7Br2O3. The Hall–Kier alpha value is -0.550. The first-order valence-corrected chi connectivity index (χ1v) is 5.32. The van der Waals surface area contributed by atoms with Gasteiger partial charge >= 0.3 is 5.97 Å². The van der Waals surface area contributed by atoms with E-state index in [2.05, 4.69) is 31.9 Å². The highest BCUT2D eigenvalue weighted by Gasteiger charge is 2.07. The van der Waals surface area contributed by atoms with Crippen LogP contribution in [-0.2, 0) is 11.2 Å². The molecule has 0 bridgehead atoms. The van der Waals surface area contributed by atoms with E-state index in [4.69, 9.17) is 5.11 Å². The summed E-state index contributed by atoms with van der Waals surface area (Å²) >= 11 is 6.33. The van der Waals surface area contributed by atoms with E-state index in [0.717, 1.165) is 12.0 Å². The Kier molecular flexibility index (Phi) is 3.95. The van der Waals surface area contributed by atoms with Gasteiger partial charge in [-0.3, -0.25) is 4.79 Å². The second-order valence-electron chi connectivity index (χ2n) is 2.65. The normalized spacial score (nSPS) is 10.1. The zero-order chi connectivity index (χ0) is 10.7. The SMILES string of the molecule is O=C(O)[CH]Cc1cc(Br)c(O)c(Br)c1. The third kappa shape index (κ3) is 2.99. The molecule has 75 valence electrons. The fourth-order valence-corrected chi connectivity index (χ4v) is 2.22. The quantitative estimate of drug-likeness (QED) is 0.899. The van der Waals surface area contributed by atoms with Crippen molar-refractivity contribution in [2.45, 2.75) is 6.42 Å². The van der Waals surface area contributed by atoms with Crippen molar-refractivity contribution in [3.63, 3.8) is 0 Å². The van der Waals surface area contributed by atoms with Crippen LogP contribution < -0.4 is 0 Å². The van der Waals surface area contributed by atoms with Crippen LogP contribution in [0.4, 0.5) is 0 Å². The van der Waals surface area contributed by atoms with Gasteiger partial charge in [-0.05, 0) is 56.0 Å². The van der Waals surface area contributed by atoms with Crippen molar-refractivity contribution in [1.29, 1.82) is 0 Å². The van der Waals surface area contributed by atoms with E-state index in [1.807, 2.05) is 0 Å². The summed E-state index contributed by atoms with van der Waals surface area (Å²) in [7, 11) is 0. The first-order chi connectivity index (χ1) is 6.50. The number of carboxylic acids is 1. The van der Waals surface area contributed by atoms with Crippen molar-refractivity contribution in [2.75, 3.05) is 0 Å². The fourth-order valence-electron chi connectivity index (χ4n) is 0.941. The second kappa shape index (κ2) is 4.79. The molecule has 2 N–H and O–H groups in total. The molecule has 0 aliphatic carbocycles. The van der Waals surface area contributed by atoms with Gasteiger partial charge in [0.15, 0.2) is 0 Å². The summed E-state index contributed by atoms with van der Waals surface area (Å²) in [6.07, 6.45) is 1.48. The first-order valence-electron chi connectivity index (χ1n) is 3.73. The summed E-state index contributed by atoms with van der Waals surface area (Å²) in [5.41, 5.74) is 0.809. The number of aliphatic carboxylic acids is 1. The van der Waals surface area contributed by atoms with Crippen LogP contribution in [0.1, 0.15) is 5.56 Å². The fraction of sp³-hybridized carbons (Fsp3) is 0.111. The maximum atomic E-state index is 10.3. The van der Waals surface area contributed by atoms with Gasteiger partial charge in [0.2, 0.25) is 0 Å². The van der Waals surface area contributed by atoms with Crippen LogP contribution in [0.2, 0.25) is 0 Å². The molecule has 1 aromatic carbocycles. The Labute approximate surface area is 98.0 Å². The summed E-state index contributed by atoms with van der Waals surface area (Å²) in [6.45, 7) is 0. The third-order valence-electron chi connectivity index (χ3n) is 1.59. The van der Waals surface area contributed by atoms with Crippen LogP contribution in [0.5, 0.6) is 5.75 Å². The van der Waals surface area contributed by atoms with Crippen LogP contribution in [-0.4, -0.2) is 16.2 Å². The second-order valence-corrected chi connectivity index (χ2v) is 4.36. The lowest BCUT2D eigenvalue weighted by Crippen LogP contribution is -1.98. The number of phenols is 1. The minimum absolute atomic E-state index is 0.115. The number of benzene rings is 1. The minimum Gasteiger partial charge on any atom is -0.506 e. The van der Waals surface area contributed by atoms with Gasteiger partial charge in [-0.1, -0.05) is 0 Å². The highest BCUT2D eigenvalue weighted by molar-refractivity contribution is 9.11. The molecule has 0 saturated carbocycles. The molecule has 5 heteroatoms. The Bertz CT molecular complexity index is 340. The van der Waals surface area contributed by atoms with E-state index in [1.54, 1.807) is 12.1 Å². The molecule has 1 rings (SSSR count). The van der Waals surface area contributed by atoms with Crippen LogP contribution in [0, 0.1) is 6.42 Å². The third-order valence-corrected chi connectivity index (χ3v) is 2.80. The van der Waals surface area contributed by atoms with E-state index in [-0.39, 0.29) is 5.75 Å². The van der Waals surface area contributed by atoms with Gasteiger partial charge in [0.25, 0.3) is 0 Å². The Balaban J connectivity index is 2.84. The predicted octanol–water partition coefficient (Wildman–Crippen LogP) is 2.75. The maximum Gasteiger partial charge on any atom is 0.307 e. The van der Waals surface area contributed by atoms with Crippen molar-refractivity contribution < 1.29 is 15.0 Å². The molecule has 0 aliphatic heterocycles.